The van der Waals surface area contributed by atoms with Gasteiger partial charge in [-0.05, 0) is 31.5 Å². The van der Waals surface area contributed by atoms with Crippen LogP contribution in [-0.2, 0) is 0 Å². The second-order valence-corrected chi connectivity index (χ2v) is 4.32. The number of hydrogen-bond donors (Lipinski definition) is 3. The monoisotopic (exact) mass is 260 g/mol. The van der Waals surface area contributed by atoms with Gasteiger partial charge in [-0.1, -0.05) is 17.3 Å². The highest BCUT2D eigenvalue weighted by Crippen LogP contribution is 2.15. The summed E-state index contributed by atoms with van der Waals surface area (Å²) in [6.45, 7) is 3.68. The van der Waals surface area contributed by atoms with Gasteiger partial charge in [0.2, 0.25) is 5.88 Å². The van der Waals surface area contributed by atoms with Gasteiger partial charge >= 0.3 is 6.03 Å². The Kier molecular flexibility index (Phi) is 3.82. The Hall–Kier alpha value is -2.34. The van der Waals surface area contributed by atoms with Crippen molar-refractivity contribution in [1.29, 1.82) is 0 Å². The molecular weight excluding hydrogens is 244 g/mol. The fourth-order valence-corrected chi connectivity index (χ4v) is 1.57. The van der Waals surface area contributed by atoms with E-state index in [0.29, 0.717) is 17.3 Å². The summed E-state index contributed by atoms with van der Waals surface area (Å²) in [6.07, 6.45) is 0. The number of aryl methyl sites for hydroxylation is 1. The number of urea groups is 1. The van der Waals surface area contributed by atoms with Crippen molar-refractivity contribution in [1.82, 2.24) is 5.16 Å². The standard InChI is InChI=1S/C13H16N4O2/c1-8-7-12(19-17-8)16-13(18)15-11-5-3-10(4-6-11)9(2)14/h3-7,9H,14H2,1-2H3,(H2,15,16,18). The van der Waals surface area contributed by atoms with Crippen molar-refractivity contribution in [3.63, 3.8) is 0 Å². The molecule has 0 aliphatic rings. The average molecular weight is 260 g/mol. The van der Waals surface area contributed by atoms with Crippen LogP contribution >= 0.6 is 0 Å². The minimum absolute atomic E-state index is 0.0277. The van der Waals surface area contributed by atoms with Crippen LogP contribution < -0.4 is 16.4 Å². The van der Waals surface area contributed by atoms with E-state index in [0.717, 1.165) is 5.56 Å². The predicted octanol–water partition coefficient (Wildman–Crippen LogP) is 2.65. The van der Waals surface area contributed by atoms with Crippen molar-refractivity contribution in [3.8, 4) is 0 Å². The Morgan fingerprint density at radius 1 is 1.32 bits per heavy atom. The quantitative estimate of drug-likeness (QED) is 0.790. The lowest BCUT2D eigenvalue weighted by Gasteiger charge is -2.08. The van der Waals surface area contributed by atoms with Gasteiger partial charge in [0.15, 0.2) is 0 Å². The molecule has 4 N–H and O–H groups in total. The number of nitrogens with two attached hydrogens (primary N) is 1. The van der Waals surface area contributed by atoms with Crippen LogP contribution in [0.2, 0.25) is 0 Å². The number of benzene rings is 1. The third-order valence-corrected chi connectivity index (χ3v) is 2.56. The molecule has 1 aromatic heterocycles. The van der Waals surface area contributed by atoms with Crippen molar-refractivity contribution in [2.45, 2.75) is 19.9 Å². The summed E-state index contributed by atoms with van der Waals surface area (Å²) in [5, 5.41) is 8.91. The van der Waals surface area contributed by atoms with Gasteiger partial charge in [0.1, 0.15) is 0 Å². The maximum Gasteiger partial charge on any atom is 0.326 e. The number of anilines is 2. The third kappa shape index (κ3) is 3.56. The molecule has 6 nitrogen and oxygen atoms in total. The van der Waals surface area contributed by atoms with E-state index in [9.17, 15) is 4.79 Å². The number of nitrogens with zero attached hydrogens (tertiary/aromatic N) is 1. The summed E-state index contributed by atoms with van der Waals surface area (Å²) in [4.78, 5) is 11.7. The van der Waals surface area contributed by atoms with Gasteiger partial charge in [0.25, 0.3) is 0 Å². The molecule has 1 aromatic carbocycles. The van der Waals surface area contributed by atoms with Crippen LogP contribution in [0.3, 0.4) is 0 Å². The molecule has 2 amide bonds. The van der Waals surface area contributed by atoms with Crippen molar-refractivity contribution >= 4 is 17.6 Å². The zero-order chi connectivity index (χ0) is 13.8. The molecule has 0 fully saturated rings. The molecule has 0 radical (unpaired) electrons. The molecule has 6 heteroatoms. The van der Waals surface area contributed by atoms with E-state index < -0.39 is 0 Å². The van der Waals surface area contributed by atoms with E-state index in [-0.39, 0.29) is 12.1 Å². The van der Waals surface area contributed by atoms with Gasteiger partial charge in [0, 0.05) is 17.8 Å². The van der Waals surface area contributed by atoms with E-state index in [2.05, 4.69) is 15.8 Å². The largest absolute Gasteiger partial charge is 0.338 e. The molecule has 19 heavy (non-hydrogen) atoms. The summed E-state index contributed by atoms with van der Waals surface area (Å²) < 4.78 is 4.88. The van der Waals surface area contributed by atoms with Gasteiger partial charge in [-0.2, -0.15) is 0 Å². The predicted molar refractivity (Wildman–Crippen MR) is 72.9 cm³/mol. The van der Waals surface area contributed by atoms with E-state index >= 15 is 0 Å². The Morgan fingerprint density at radius 3 is 2.53 bits per heavy atom. The first-order valence-electron chi connectivity index (χ1n) is 5.91. The normalized spacial score (nSPS) is 11.9. The number of carbonyl (C=O) groups excluding carboxylic acids is 1. The van der Waals surface area contributed by atoms with E-state index in [4.69, 9.17) is 10.3 Å². The second kappa shape index (κ2) is 5.53. The third-order valence-electron chi connectivity index (χ3n) is 2.56. The molecule has 2 rings (SSSR count). The molecule has 0 spiro atoms. The Labute approximate surface area is 111 Å². The number of nitrogens with one attached hydrogen (secondary N) is 2. The maximum absolute atomic E-state index is 11.7. The number of aromatic nitrogens is 1. The van der Waals surface area contributed by atoms with Crippen LogP contribution in [0.15, 0.2) is 34.9 Å². The van der Waals surface area contributed by atoms with Crippen LogP contribution in [0.5, 0.6) is 0 Å². The first-order valence-corrected chi connectivity index (χ1v) is 5.91. The molecular formula is C13H16N4O2. The molecule has 100 valence electrons. The van der Waals surface area contributed by atoms with E-state index in [1.807, 2.05) is 19.1 Å². The number of rotatable bonds is 3. The summed E-state index contributed by atoms with van der Waals surface area (Å²) >= 11 is 0. The van der Waals surface area contributed by atoms with Crippen molar-refractivity contribution in [2.75, 3.05) is 10.6 Å². The highest BCUT2D eigenvalue weighted by atomic mass is 16.5. The lowest BCUT2D eigenvalue weighted by molar-refractivity contribution is 0.261. The van der Waals surface area contributed by atoms with Crippen LogP contribution in [0, 0.1) is 6.92 Å². The summed E-state index contributed by atoms with van der Waals surface area (Å²) in [6, 6.07) is 8.56. The highest BCUT2D eigenvalue weighted by Gasteiger charge is 2.06. The Bertz CT molecular complexity index is 560. The minimum Gasteiger partial charge on any atom is -0.338 e. The van der Waals surface area contributed by atoms with Crippen LogP contribution in [0.4, 0.5) is 16.4 Å². The first kappa shape index (κ1) is 13.1. The zero-order valence-electron chi connectivity index (χ0n) is 10.8. The fourth-order valence-electron chi connectivity index (χ4n) is 1.57. The highest BCUT2D eigenvalue weighted by molar-refractivity contribution is 5.98. The summed E-state index contributed by atoms with van der Waals surface area (Å²) in [5.41, 5.74) is 8.15. The van der Waals surface area contributed by atoms with Gasteiger partial charge in [-0.3, -0.25) is 5.32 Å². The number of carbonyl (C=O) groups is 1. The zero-order valence-corrected chi connectivity index (χ0v) is 10.8. The van der Waals surface area contributed by atoms with Gasteiger partial charge in [-0.25, -0.2) is 4.79 Å². The fraction of sp³-hybridized carbons (Fsp3) is 0.231. The van der Waals surface area contributed by atoms with E-state index in [1.165, 1.54) is 0 Å². The number of amides is 2. The molecule has 0 bridgehead atoms. The first-order chi connectivity index (χ1) is 9.04. The van der Waals surface area contributed by atoms with Gasteiger partial charge in [-0.15, -0.1) is 0 Å². The van der Waals surface area contributed by atoms with Crippen LogP contribution in [0.25, 0.3) is 0 Å². The molecule has 0 aliphatic heterocycles. The molecule has 1 atom stereocenters. The Balaban J connectivity index is 1.95. The molecule has 1 unspecified atom stereocenters. The lowest BCUT2D eigenvalue weighted by atomic mass is 10.1. The number of hydrogen-bond acceptors (Lipinski definition) is 4. The van der Waals surface area contributed by atoms with Crippen molar-refractivity contribution in [2.24, 2.45) is 5.73 Å². The van der Waals surface area contributed by atoms with Gasteiger partial charge in [0.05, 0.1) is 5.69 Å². The Morgan fingerprint density at radius 2 is 2.00 bits per heavy atom. The second-order valence-electron chi connectivity index (χ2n) is 4.32. The SMILES string of the molecule is Cc1cc(NC(=O)Nc2ccc(C(C)N)cc2)on1. The topological polar surface area (TPSA) is 93.2 Å². The average Bonchev–Trinajstić information content (AvgIpc) is 2.75. The van der Waals surface area contributed by atoms with Crippen molar-refractivity contribution in [3.05, 3.63) is 41.6 Å². The molecule has 1 heterocycles. The van der Waals surface area contributed by atoms with Crippen LogP contribution in [-0.4, -0.2) is 11.2 Å². The molecule has 0 saturated heterocycles. The smallest absolute Gasteiger partial charge is 0.326 e. The molecule has 0 aliphatic carbocycles. The lowest BCUT2D eigenvalue weighted by Crippen LogP contribution is -2.19. The minimum atomic E-state index is -0.385. The summed E-state index contributed by atoms with van der Waals surface area (Å²) in [7, 11) is 0. The van der Waals surface area contributed by atoms with E-state index in [1.54, 1.807) is 25.1 Å². The molecule has 0 saturated carbocycles. The maximum atomic E-state index is 11.7. The van der Waals surface area contributed by atoms with Crippen molar-refractivity contribution < 1.29 is 9.32 Å². The van der Waals surface area contributed by atoms with Crippen LogP contribution in [0.1, 0.15) is 24.2 Å². The molecule has 2 aromatic rings. The van der Waals surface area contributed by atoms with Gasteiger partial charge < -0.3 is 15.6 Å². The summed E-state index contributed by atoms with van der Waals surface area (Å²) in [5.74, 6) is 0.308.